The van der Waals surface area contributed by atoms with Gasteiger partial charge in [-0.15, -0.1) is 11.8 Å². The topological polar surface area (TPSA) is 78.8 Å². The normalized spacial score (nSPS) is 15.1. The lowest BCUT2D eigenvalue weighted by Crippen LogP contribution is -2.49. The maximum absolute atomic E-state index is 12.9. The van der Waals surface area contributed by atoms with Gasteiger partial charge in [0.15, 0.2) is 5.58 Å². The Morgan fingerprint density at radius 2 is 1.91 bits per heavy atom. The summed E-state index contributed by atoms with van der Waals surface area (Å²) in [5, 5.41) is -0.0649. The van der Waals surface area contributed by atoms with Crippen molar-refractivity contribution in [1.82, 2.24) is 14.8 Å². The van der Waals surface area contributed by atoms with Crippen LogP contribution in [0.3, 0.4) is 0 Å². The van der Waals surface area contributed by atoms with Crippen LogP contribution in [0.15, 0.2) is 50.5 Å². The van der Waals surface area contributed by atoms with Crippen LogP contribution in [0.2, 0.25) is 5.02 Å². The second-order valence-electron chi connectivity index (χ2n) is 7.75. The Morgan fingerprint density at radius 1 is 1.15 bits per heavy atom. The van der Waals surface area contributed by atoms with Crippen molar-refractivity contribution in [1.29, 1.82) is 0 Å². The number of oxazole rings is 1. The highest BCUT2D eigenvalue weighted by Gasteiger charge is 2.31. The molecule has 0 saturated carbocycles. The van der Waals surface area contributed by atoms with Gasteiger partial charge in [0.2, 0.25) is 0 Å². The molecular weight excluding hydrogens is 495 g/mol. The van der Waals surface area contributed by atoms with Gasteiger partial charge in [-0.2, -0.15) is 13.2 Å². The summed E-state index contributed by atoms with van der Waals surface area (Å²) < 4.78 is 49.1. The summed E-state index contributed by atoms with van der Waals surface area (Å²) in [5.74, 6) is 0.341. The third kappa shape index (κ3) is 6.28. The smallest absolute Gasteiger partial charge is 0.417 e. The number of hydrogen-bond acceptors (Lipinski definition) is 6. The van der Waals surface area contributed by atoms with Gasteiger partial charge in [0.05, 0.1) is 11.1 Å². The van der Waals surface area contributed by atoms with Crippen LogP contribution in [-0.4, -0.2) is 59.4 Å². The van der Waals surface area contributed by atoms with E-state index in [1.165, 1.54) is 6.07 Å². The van der Waals surface area contributed by atoms with Gasteiger partial charge >= 0.3 is 18.0 Å². The average molecular weight is 516 g/mol. The SMILES string of the molecule is O=C(OCc1cc(Cl)cc(C(F)(F)F)c1)N1CCN(CCSc2ccc3[nH]c(=O)oc3c2)CC1. The van der Waals surface area contributed by atoms with Gasteiger partial charge in [0, 0.05) is 48.4 Å². The minimum absolute atomic E-state index is 0.0649. The zero-order valence-electron chi connectivity index (χ0n) is 17.9. The second kappa shape index (κ2) is 10.3. The number of aromatic nitrogens is 1. The number of alkyl halides is 3. The van der Waals surface area contributed by atoms with Crippen LogP contribution < -0.4 is 5.76 Å². The Hall–Kier alpha value is -2.63. The first kappa shape index (κ1) is 24.5. The minimum atomic E-state index is -4.52. The number of amides is 1. The quantitative estimate of drug-likeness (QED) is 0.473. The lowest BCUT2D eigenvalue weighted by molar-refractivity contribution is -0.137. The van der Waals surface area contributed by atoms with E-state index >= 15 is 0 Å². The number of thioether (sulfide) groups is 1. The van der Waals surface area contributed by atoms with Crippen LogP contribution in [0.5, 0.6) is 0 Å². The first-order valence-electron chi connectivity index (χ1n) is 10.4. The molecule has 1 N–H and O–H groups in total. The van der Waals surface area contributed by atoms with E-state index in [0.717, 1.165) is 29.3 Å². The lowest BCUT2D eigenvalue weighted by atomic mass is 10.1. The Labute approximate surface area is 201 Å². The molecule has 3 aromatic rings. The zero-order chi connectivity index (χ0) is 24.3. The minimum Gasteiger partial charge on any atom is -0.445 e. The molecule has 1 aliphatic heterocycles. The molecule has 0 aliphatic carbocycles. The van der Waals surface area contributed by atoms with Crippen molar-refractivity contribution in [3.05, 3.63) is 63.1 Å². The highest BCUT2D eigenvalue weighted by Crippen LogP contribution is 2.32. The fraction of sp³-hybridized carbons (Fsp3) is 0.364. The first-order valence-corrected chi connectivity index (χ1v) is 11.8. The molecule has 0 unspecified atom stereocenters. The average Bonchev–Trinajstić information content (AvgIpc) is 3.16. The molecule has 1 aliphatic rings. The van der Waals surface area contributed by atoms with E-state index in [0.29, 0.717) is 37.3 Å². The number of H-pyrrole nitrogens is 1. The number of rotatable bonds is 6. The van der Waals surface area contributed by atoms with Gasteiger partial charge in [0.25, 0.3) is 0 Å². The Morgan fingerprint density at radius 3 is 2.65 bits per heavy atom. The molecule has 0 bridgehead atoms. The van der Waals surface area contributed by atoms with Gasteiger partial charge < -0.3 is 14.1 Å². The second-order valence-corrected chi connectivity index (χ2v) is 9.35. The Balaban J connectivity index is 1.20. The fourth-order valence-electron chi connectivity index (χ4n) is 3.60. The van der Waals surface area contributed by atoms with Crippen LogP contribution in [0.25, 0.3) is 11.1 Å². The van der Waals surface area contributed by atoms with Crippen molar-refractivity contribution in [3.8, 4) is 0 Å². The maximum atomic E-state index is 12.9. The largest absolute Gasteiger partial charge is 0.445 e. The Kier molecular flexibility index (Phi) is 7.44. The first-order chi connectivity index (χ1) is 16.2. The van der Waals surface area contributed by atoms with Crippen LogP contribution in [0.1, 0.15) is 11.1 Å². The number of nitrogens with zero attached hydrogens (tertiary/aromatic N) is 2. The summed E-state index contributed by atoms with van der Waals surface area (Å²) in [4.78, 5) is 31.0. The number of ether oxygens (including phenoxy) is 1. The van der Waals surface area contributed by atoms with E-state index in [2.05, 4.69) is 9.88 Å². The molecule has 182 valence electrons. The number of carbonyl (C=O) groups is 1. The van der Waals surface area contributed by atoms with E-state index in [1.54, 1.807) is 22.7 Å². The number of carbonyl (C=O) groups excluding carboxylic acids is 1. The van der Waals surface area contributed by atoms with Crippen LogP contribution in [0.4, 0.5) is 18.0 Å². The van der Waals surface area contributed by atoms with Crippen LogP contribution >= 0.6 is 23.4 Å². The van der Waals surface area contributed by atoms with Crippen molar-refractivity contribution >= 4 is 40.6 Å². The number of benzene rings is 2. The molecule has 2 aromatic carbocycles. The molecule has 1 aromatic heterocycles. The summed E-state index contributed by atoms with van der Waals surface area (Å²) >= 11 is 7.41. The summed E-state index contributed by atoms with van der Waals surface area (Å²) in [7, 11) is 0. The van der Waals surface area contributed by atoms with Crippen molar-refractivity contribution in [2.75, 3.05) is 38.5 Å². The maximum Gasteiger partial charge on any atom is 0.417 e. The third-order valence-corrected chi connectivity index (χ3v) is 6.54. The van der Waals surface area contributed by atoms with E-state index in [-0.39, 0.29) is 17.2 Å². The number of piperazine rings is 1. The number of halogens is 4. The third-order valence-electron chi connectivity index (χ3n) is 5.35. The molecule has 1 fully saturated rings. The lowest BCUT2D eigenvalue weighted by Gasteiger charge is -2.34. The molecule has 1 saturated heterocycles. The molecule has 0 atom stereocenters. The fourth-order valence-corrected chi connectivity index (χ4v) is 4.79. The van der Waals surface area contributed by atoms with Crippen LogP contribution in [-0.2, 0) is 17.5 Å². The number of aromatic amines is 1. The molecule has 4 rings (SSSR count). The number of fused-ring (bicyclic) bond motifs is 1. The molecule has 0 spiro atoms. The Bertz CT molecular complexity index is 1220. The number of hydrogen-bond donors (Lipinski definition) is 1. The van der Waals surface area contributed by atoms with E-state index in [4.69, 9.17) is 20.8 Å². The summed E-state index contributed by atoms with van der Waals surface area (Å²) in [6, 6.07) is 8.66. The van der Waals surface area contributed by atoms with Gasteiger partial charge in [-0.3, -0.25) is 9.88 Å². The number of nitrogens with one attached hydrogen (secondary N) is 1. The van der Waals surface area contributed by atoms with E-state index in [1.807, 2.05) is 12.1 Å². The van der Waals surface area contributed by atoms with Crippen molar-refractivity contribution in [2.45, 2.75) is 17.7 Å². The van der Waals surface area contributed by atoms with Gasteiger partial charge in [-0.1, -0.05) is 11.6 Å². The molecule has 1 amide bonds. The van der Waals surface area contributed by atoms with E-state index in [9.17, 15) is 22.8 Å². The molecule has 7 nitrogen and oxygen atoms in total. The molecule has 12 heteroatoms. The molecule has 2 heterocycles. The summed E-state index contributed by atoms with van der Waals surface area (Å²) in [6.45, 7) is 2.78. The van der Waals surface area contributed by atoms with E-state index < -0.39 is 23.6 Å². The summed E-state index contributed by atoms with van der Waals surface area (Å²) in [6.07, 6.45) is -5.09. The molecule has 34 heavy (non-hydrogen) atoms. The van der Waals surface area contributed by atoms with Crippen molar-refractivity contribution in [2.24, 2.45) is 0 Å². The van der Waals surface area contributed by atoms with Crippen molar-refractivity contribution < 1.29 is 27.1 Å². The molecular formula is C22H21ClF3N3O4S. The van der Waals surface area contributed by atoms with Crippen molar-refractivity contribution in [3.63, 3.8) is 0 Å². The zero-order valence-corrected chi connectivity index (χ0v) is 19.4. The highest BCUT2D eigenvalue weighted by atomic mass is 35.5. The van der Waals surface area contributed by atoms with Gasteiger partial charge in [-0.25, -0.2) is 9.59 Å². The van der Waals surface area contributed by atoms with Gasteiger partial charge in [-0.05, 0) is 42.0 Å². The predicted octanol–water partition coefficient (Wildman–Crippen LogP) is 4.84. The highest BCUT2D eigenvalue weighted by molar-refractivity contribution is 7.99. The summed E-state index contributed by atoms with van der Waals surface area (Å²) in [5.41, 5.74) is 0.485. The molecule has 0 radical (unpaired) electrons. The monoisotopic (exact) mass is 515 g/mol. The predicted molar refractivity (Wildman–Crippen MR) is 122 cm³/mol. The van der Waals surface area contributed by atoms with Crippen LogP contribution in [0, 0.1) is 0 Å². The van der Waals surface area contributed by atoms with Gasteiger partial charge in [0.1, 0.15) is 6.61 Å². The standard InChI is InChI=1S/C22H21ClF3N3O4S/c23-16-10-14(9-15(11-16)22(24,25)26)13-32-21(31)29-5-3-28(4-6-29)7-8-34-17-1-2-18-19(12-17)33-20(30)27-18/h1-2,9-12H,3-8,13H2,(H,27,30).